The summed E-state index contributed by atoms with van der Waals surface area (Å²) in [6, 6.07) is 14.8. The molecule has 21 heavy (non-hydrogen) atoms. The minimum atomic E-state index is 0.773. The SMILES string of the molecule is COc1ccc(CCc2ccc3[nH]ccc3c2)cc1OC. The Morgan fingerprint density at radius 1 is 0.810 bits per heavy atom. The van der Waals surface area contributed by atoms with Crippen LogP contribution in [0.1, 0.15) is 11.1 Å². The van der Waals surface area contributed by atoms with Gasteiger partial charge in [-0.3, -0.25) is 0 Å². The largest absolute Gasteiger partial charge is 0.493 e. The third kappa shape index (κ3) is 2.87. The van der Waals surface area contributed by atoms with Crippen molar-refractivity contribution in [2.24, 2.45) is 0 Å². The first kappa shape index (κ1) is 13.6. The molecule has 1 heterocycles. The lowest BCUT2D eigenvalue weighted by Crippen LogP contribution is -1.95. The van der Waals surface area contributed by atoms with E-state index in [1.54, 1.807) is 14.2 Å². The number of H-pyrrole nitrogens is 1. The molecule has 0 saturated carbocycles. The van der Waals surface area contributed by atoms with Gasteiger partial charge >= 0.3 is 0 Å². The standard InChI is InChI=1S/C18H19NO2/c1-20-17-8-6-14(12-18(17)21-2)4-3-13-5-7-16-15(11-13)9-10-19-16/h5-12,19H,3-4H2,1-2H3. The maximum absolute atomic E-state index is 5.35. The summed E-state index contributed by atoms with van der Waals surface area (Å²) in [5.74, 6) is 1.56. The second kappa shape index (κ2) is 5.92. The van der Waals surface area contributed by atoms with Crippen molar-refractivity contribution in [3.63, 3.8) is 0 Å². The number of nitrogens with one attached hydrogen (secondary N) is 1. The number of rotatable bonds is 5. The monoisotopic (exact) mass is 281 g/mol. The van der Waals surface area contributed by atoms with E-state index in [4.69, 9.17) is 9.47 Å². The van der Waals surface area contributed by atoms with E-state index < -0.39 is 0 Å². The second-order valence-electron chi connectivity index (χ2n) is 5.09. The zero-order chi connectivity index (χ0) is 14.7. The third-order valence-corrected chi connectivity index (χ3v) is 3.77. The predicted molar refractivity (Wildman–Crippen MR) is 85.3 cm³/mol. The van der Waals surface area contributed by atoms with Crippen LogP contribution >= 0.6 is 0 Å². The van der Waals surface area contributed by atoms with Gasteiger partial charge in [0.1, 0.15) is 0 Å². The quantitative estimate of drug-likeness (QED) is 0.768. The summed E-state index contributed by atoms with van der Waals surface area (Å²) in [5.41, 5.74) is 3.78. The van der Waals surface area contributed by atoms with E-state index in [0.717, 1.165) is 24.3 Å². The van der Waals surface area contributed by atoms with Crippen molar-refractivity contribution >= 4 is 10.9 Å². The summed E-state index contributed by atoms with van der Waals surface area (Å²) >= 11 is 0. The molecule has 0 radical (unpaired) electrons. The number of fused-ring (bicyclic) bond motifs is 1. The maximum atomic E-state index is 5.35. The number of aromatic nitrogens is 1. The van der Waals surface area contributed by atoms with Crippen LogP contribution < -0.4 is 9.47 Å². The van der Waals surface area contributed by atoms with Gasteiger partial charge in [0, 0.05) is 11.7 Å². The van der Waals surface area contributed by atoms with Crippen molar-refractivity contribution in [2.75, 3.05) is 14.2 Å². The van der Waals surface area contributed by atoms with Crippen LogP contribution in [0.4, 0.5) is 0 Å². The summed E-state index contributed by atoms with van der Waals surface area (Å²) in [6.07, 6.45) is 3.97. The lowest BCUT2D eigenvalue weighted by molar-refractivity contribution is 0.354. The Labute approximate surface area is 124 Å². The molecule has 0 aliphatic carbocycles. The van der Waals surface area contributed by atoms with E-state index in [-0.39, 0.29) is 0 Å². The molecule has 0 atom stereocenters. The van der Waals surface area contributed by atoms with Gasteiger partial charge < -0.3 is 14.5 Å². The van der Waals surface area contributed by atoms with Crippen molar-refractivity contribution in [3.8, 4) is 11.5 Å². The fourth-order valence-electron chi connectivity index (χ4n) is 2.58. The van der Waals surface area contributed by atoms with Crippen LogP contribution in [-0.4, -0.2) is 19.2 Å². The molecule has 3 nitrogen and oxygen atoms in total. The molecule has 0 spiro atoms. The van der Waals surface area contributed by atoms with Gasteiger partial charge in [-0.2, -0.15) is 0 Å². The fraction of sp³-hybridized carbons (Fsp3) is 0.222. The van der Waals surface area contributed by atoms with Gasteiger partial charge in [-0.15, -0.1) is 0 Å². The minimum Gasteiger partial charge on any atom is -0.493 e. The van der Waals surface area contributed by atoms with Crippen LogP contribution in [0.15, 0.2) is 48.7 Å². The number of methoxy groups -OCH3 is 2. The molecule has 0 bridgehead atoms. The third-order valence-electron chi connectivity index (χ3n) is 3.77. The van der Waals surface area contributed by atoms with Crippen LogP contribution in [0.3, 0.4) is 0 Å². The molecule has 0 unspecified atom stereocenters. The first-order valence-electron chi connectivity index (χ1n) is 7.07. The van der Waals surface area contributed by atoms with Gasteiger partial charge in [0.2, 0.25) is 0 Å². The van der Waals surface area contributed by atoms with Gasteiger partial charge in [-0.25, -0.2) is 0 Å². The molecular weight excluding hydrogens is 262 g/mol. The van der Waals surface area contributed by atoms with Crippen molar-refractivity contribution < 1.29 is 9.47 Å². The Bertz CT molecular complexity index is 746. The van der Waals surface area contributed by atoms with E-state index >= 15 is 0 Å². The smallest absolute Gasteiger partial charge is 0.160 e. The molecule has 0 aliphatic heterocycles. The van der Waals surface area contributed by atoms with Crippen molar-refractivity contribution in [1.82, 2.24) is 4.98 Å². The maximum Gasteiger partial charge on any atom is 0.160 e. The number of aromatic amines is 1. The Kier molecular flexibility index (Phi) is 3.82. The van der Waals surface area contributed by atoms with E-state index in [1.165, 1.54) is 22.0 Å². The minimum absolute atomic E-state index is 0.773. The summed E-state index contributed by atoms with van der Waals surface area (Å²) < 4.78 is 10.6. The zero-order valence-corrected chi connectivity index (χ0v) is 12.3. The van der Waals surface area contributed by atoms with E-state index in [9.17, 15) is 0 Å². The molecule has 0 aliphatic rings. The van der Waals surface area contributed by atoms with Crippen LogP contribution in [0, 0.1) is 0 Å². The Morgan fingerprint density at radius 2 is 1.52 bits per heavy atom. The van der Waals surface area contributed by atoms with E-state index in [0.29, 0.717) is 0 Å². The Morgan fingerprint density at radius 3 is 2.29 bits per heavy atom. The van der Waals surface area contributed by atoms with Gasteiger partial charge in [0.25, 0.3) is 0 Å². The summed E-state index contributed by atoms with van der Waals surface area (Å²) in [5, 5.41) is 1.26. The molecule has 3 aromatic rings. The second-order valence-corrected chi connectivity index (χ2v) is 5.09. The lowest BCUT2D eigenvalue weighted by Gasteiger charge is -2.09. The molecule has 108 valence electrons. The number of hydrogen-bond acceptors (Lipinski definition) is 2. The zero-order valence-electron chi connectivity index (χ0n) is 12.3. The normalized spacial score (nSPS) is 10.8. The number of aryl methyl sites for hydroxylation is 2. The van der Waals surface area contributed by atoms with Crippen LogP contribution in [0.5, 0.6) is 11.5 Å². The van der Waals surface area contributed by atoms with Crippen molar-refractivity contribution in [2.45, 2.75) is 12.8 Å². The lowest BCUT2D eigenvalue weighted by atomic mass is 10.0. The van der Waals surface area contributed by atoms with Gasteiger partial charge in [-0.05, 0) is 59.7 Å². The topological polar surface area (TPSA) is 34.2 Å². The number of benzene rings is 2. The van der Waals surface area contributed by atoms with Crippen LogP contribution in [-0.2, 0) is 12.8 Å². The summed E-state index contributed by atoms with van der Waals surface area (Å²) in [4.78, 5) is 3.22. The molecule has 0 saturated heterocycles. The molecular formula is C18H19NO2. The molecule has 3 rings (SSSR count). The highest BCUT2D eigenvalue weighted by Gasteiger charge is 2.05. The number of hydrogen-bond donors (Lipinski definition) is 1. The summed E-state index contributed by atoms with van der Waals surface area (Å²) in [7, 11) is 3.32. The molecule has 1 N–H and O–H groups in total. The highest BCUT2D eigenvalue weighted by atomic mass is 16.5. The van der Waals surface area contributed by atoms with Crippen LogP contribution in [0.2, 0.25) is 0 Å². The van der Waals surface area contributed by atoms with E-state index in [2.05, 4.69) is 35.3 Å². The molecule has 1 aromatic heterocycles. The Hall–Kier alpha value is -2.42. The fourth-order valence-corrected chi connectivity index (χ4v) is 2.58. The molecule has 0 amide bonds. The van der Waals surface area contributed by atoms with Gasteiger partial charge in [0.15, 0.2) is 11.5 Å². The van der Waals surface area contributed by atoms with E-state index in [1.807, 2.05) is 18.3 Å². The highest BCUT2D eigenvalue weighted by Crippen LogP contribution is 2.28. The van der Waals surface area contributed by atoms with Crippen molar-refractivity contribution in [3.05, 3.63) is 59.8 Å². The van der Waals surface area contributed by atoms with Crippen LogP contribution in [0.25, 0.3) is 10.9 Å². The Balaban J connectivity index is 1.74. The number of ether oxygens (including phenoxy) is 2. The first-order valence-corrected chi connectivity index (χ1v) is 7.07. The average molecular weight is 281 g/mol. The molecule has 0 fully saturated rings. The highest BCUT2D eigenvalue weighted by molar-refractivity contribution is 5.79. The average Bonchev–Trinajstić information content (AvgIpc) is 3.00. The van der Waals surface area contributed by atoms with Crippen molar-refractivity contribution in [1.29, 1.82) is 0 Å². The predicted octanol–water partition coefficient (Wildman–Crippen LogP) is 3.97. The molecule has 3 heteroatoms. The van der Waals surface area contributed by atoms with Gasteiger partial charge in [-0.1, -0.05) is 12.1 Å². The van der Waals surface area contributed by atoms with Gasteiger partial charge in [0.05, 0.1) is 14.2 Å². The summed E-state index contributed by atoms with van der Waals surface area (Å²) in [6.45, 7) is 0. The molecule has 2 aromatic carbocycles. The first-order chi connectivity index (χ1) is 10.3.